The number of nitrogens with zero attached hydrogens (tertiary/aromatic N) is 1. The summed E-state index contributed by atoms with van der Waals surface area (Å²) in [5, 5.41) is 3.52. The van der Waals surface area contributed by atoms with Crippen molar-refractivity contribution in [1.82, 2.24) is 0 Å². The van der Waals surface area contributed by atoms with Gasteiger partial charge in [0, 0.05) is 26.6 Å². The Morgan fingerprint density at radius 1 is 1.55 bits per heavy atom. The Balaban J connectivity index is 3.19. The van der Waals surface area contributed by atoms with Gasteiger partial charge in [-0.15, -0.1) is 11.8 Å². The van der Waals surface area contributed by atoms with Crippen LogP contribution in [0.5, 0.6) is 0 Å². The molecule has 0 fully saturated rings. The van der Waals surface area contributed by atoms with Crippen molar-refractivity contribution in [1.29, 1.82) is 0 Å². The number of nitrogens with one attached hydrogen (secondary N) is 1. The lowest BCUT2D eigenvalue weighted by molar-refractivity contribution is 0.135. The Morgan fingerprint density at radius 3 is 2.75 bits per heavy atom. The molecule has 0 spiro atoms. The van der Waals surface area contributed by atoms with E-state index < -0.39 is 12.1 Å². The van der Waals surface area contributed by atoms with Crippen molar-refractivity contribution in [3.8, 4) is 0 Å². The summed E-state index contributed by atoms with van der Waals surface area (Å²) in [6.07, 6.45) is 0.0342. The number of hydrogen-bond acceptors (Lipinski definition) is 5. The van der Waals surface area contributed by atoms with Crippen molar-refractivity contribution in [2.75, 3.05) is 25.7 Å². The molecular formula is C13H18F2N2O2S. The number of aryl methyl sites for hydroxylation is 1. The first kappa shape index (κ1) is 16.7. The van der Waals surface area contributed by atoms with Crippen molar-refractivity contribution < 1.29 is 13.2 Å². The minimum atomic E-state index is -2.33. The molecule has 0 unspecified atom stereocenters. The zero-order valence-corrected chi connectivity index (χ0v) is 12.5. The van der Waals surface area contributed by atoms with Crippen molar-refractivity contribution >= 4 is 22.7 Å². The third-order valence-corrected chi connectivity index (χ3v) is 3.52. The third kappa shape index (κ3) is 4.33. The molecule has 0 aliphatic carbocycles. The molecule has 1 aromatic rings. The molecule has 0 radical (unpaired) electrons. The molecular weight excluding hydrogens is 286 g/mol. The van der Waals surface area contributed by atoms with Crippen molar-refractivity contribution in [3.05, 3.63) is 27.6 Å². The molecule has 112 valence electrons. The third-order valence-electron chi connectivity index (χ3n) is 2.75. The van der Waals surface area contributed by atoms with Gasteiger partial charge >= 0.3 is 5.63 Å². The van der Waals surface area contributed by atoms with Crippen LogP contribution in [0.1, 0.15) is 24.0 Å². The summed E-state index contributed by atoms with van der Waals surface area (Å²) in [7, 11) is 3.28. The highest BCUT2D eigenvalue weighted by molar-refractivity contribution is 8.13. The summed E-state index contributed by atoms with van der Waals surface area (Å²) >= 11 is 1.41. The summed E-state index contributed by atoms with van der Waals surface area (Å²) in [6, 6.07) is 1.35. The van der Waals surface area contributed by atoms with Crippen LogP contribution in [0.2, 0.25) is 0 Å². The van der Waals surface area contributed by atoms with E-state index in [-0.39, 0.29) is 6.42 Å². The maximum Gasteiger partial charge on any atom is 0.337 e. The maximum atomic E-state index is 12.2. The second-order valence-electron chi connectivity index (χ2n) is 4.06. The van der Waals surface area contributed by atoms with Gasteiger partial charge in [-0.2, -0.15) is 0 Å². The Kier molecular flexibility index (Phi) is 6.70. The second-order valence-corrected chi connectivity index (χ2v) is 4.86. The van der Waals surface area contributed by atoms with Gasteiger partial charge < -0.3 is 9.73 Å². The van der Waals surface area contributed by atoms with E-state index in [1.807, 2.05) is 6.26 Å². The number of hydrogen-bond donors (Lipinski definition) is 1. The first-order chi connectivity index (χ1) is 9.53. The molecule has 0 atom stereocenters. The highest BCUT2D eigenvalue weighted by atomic mass is 32.2. The molecule has 7 heteroatoms. The standard InChI is InChI=1S/C13H18F2N2O2S/c1-16-12-11(13(17-2)20-3)8(7-10(18)19-12)5-4-6-9(14)15/h7,9,16H,4-6H2,1-3H3. The smallest absolute Gasteiger partial charge is 0.337 e. The molecule has 0 aliphatic heterocycles. The van der Waals surface area contributed by atoms with Crippen LogP contribution in [0.15, 0.2) is 20.3 Å². The van der Waals surface area contributed by atoms with Gasteiger partial charge in [0.25, 0.3) is 0 Å². The maximum absolute atomic E-state index is 12.2. The Bertz CT molecular complexity index is 530. The van der Waals surface area contributed by atoms with Gasteiger partial charge in [0.15, 0.2) is 0 Å². The zero-order chi connectivity index (χ0) is 15.1. The fourth-order valence-electron chi connectivity index (χ4n) is 1.90. The van der Waals surface area contributed by atoms with Crippen LogP contribution in [-0.4, -0.2) is 31.8 Å². The Morgan fingerprint density at radius 2 is 2.25 bits per heavy atom. The largest absolute Gasteiger partial charge is 0.406 e. The van der Waals surface area contributed by atoms with E-state index in [2.05, 4.69) is 10.3 Å². The van der Waals surface area contributed by atoms with Crippen molar-refractivity contribution in [2.45, 2.75) is 25.7 Å². The number of anilines is 1. The molecule has 1 N–H and O–H groups in total. The molecule has 4 nitrogen and oxygen atoms in total. The van der Waals surface area contributed by atoms with Gasteiger partial charge in [-0.1, -0.05) is 0 Å². The summed E-state index contributed by atoms with van der Waals surface area (Å²) in [5.74, 6) is 0.319. The fourth-order valence-corrected chi connectivity index (χ4v) is 2.51. The molecule has 0 saturated carbocycles. The van der Waals surface area contributed by atoms with Gasteiger partial charge in [0.1, 0.15) is 5.04 Å². The average molecular weight is 304 g/mol. The first-order valence-electron chi connectivity index (χ1n) is 6.17. The molecule has 0 amide bonds. The lowest BCUT2D eigenvalue weighted by atomic mass is 10.0. The first-order valence-corrected chi connectivity index (χ1v) is 7.40. The van der Waals surface area contributed by atoms with Crippen LogP contribution in [-0.2, 0) is 6.42 Å². The van der Waals surface area contributed by atoms with Crippen LogP contribution in [0, 0.1) is 0 Å². The average Bonchev–Trinajstić information content (AvgIpc) is 2.41. The lowest BCUT2D eigenvalue weighted by Crippen LogP contribution is -2.12. The van der Waals surface area contributed by atoms with Crippen LogP contribution in [0.4, 0.5) is 14.7 Å². The quantitative estimate of drug-likeness (QED) is 0.648. The van der Waals surface area contributed by atoms with E-state index in [1.165, 1.54) is 17.8 Å². The SMILES string of the molecule is CN=C(SC)c1c(CCCC(F)F)cc(=O)oc1NC. The van der Waals surface area contributed by atoms with Gasteiger partial charge in [-0.25, -0.2) is 13.6 Å². The fraction of sp³-hybridized carbons (Fsp3) is 0.538. The van der Waals surface area contributed by atoms with Crippen molar-refractivity contribution in [2.24, 2.45) is 4.99 Å². The summed E-state index contributed by atoms with van der Waals surface area (Å²) in [5.41, 5.74) is 0.860. The lowest BCUT2D eigenvalue weighted by Gasteiger charge is -2.13. The van der Waals surface area contributed by atoms with E-state index in [0.717, 1.165) is 0 Å². The normalized spacial score (nSPS) is 12.0. The number of halogens is 2. The second kappa shape index (κ2) is 8.04. The van der Waals surface area contributed by atoms with Gasteiger partial charge in [-0.05, 0) is 24.7 Å². The van der Waals surface area contributed by atoms with Crippen molar-refractivity contribution in [3.63, 3.8) is 0 Å². The number of thioether (sulfide) groups is 1. The van der Waals surface area contributed by atoms with Crippen LogP contribution < -0.4 is 10.9 Å². The van der Waals surface area contributed by atoms with E-state index >= 15 is 0 Å². The van der Waals surface area contributed by atoms with Crippen LogP contribution in [0.3, 0.4) is 0 Å². The molecule has 1 aromatic heterocycles. The number of alkyl halides is 2. The van der Waals surface area contributed by atoms with Gasteiger partial charge in [-0.3, -0.25) is 4.99 Å². The predicted octanol–water partition coefficient (Wildman–Crippen LogP) is 3.01. The Labute approximate surface area is 120 Å². The molecule has 1 heterocycles. The highest BCUT2D eigenvalue weighted by Crippen LogP contribution is 2.25. The summed E-state index contributed by atoms with van der Waals surface area (Å²) in [4.78, 5) is 15.7. The predicted molar refractivity (Wildman–Crippen MR) is 79.4 cm³/mol. The molecule has 0 saturated heterocycles. The molecule has 1 rings (SSSR count). The monoisotopic (exact) mass is 304 g/mol. The Hall–Kier alpha value is -1.37. The van der Waals surface area contributed by atoms with E-state index in [1.54, 1.807) is 14.1 Å². The molecule has 0 aliphatic rings. The zero-order valence-electron chi connectivity index (χ0n) is 11.7. The summed E-state index contributed by atoms with van der Waals surface area (Å²) < 4.78 is 29.6. The highest BCUT2D eigenvalue weighted by Gasteiger charge is 2.17. The molecule has 0 aromatic carbocycles. The van der Waals surface area contributed by atoms with E-state index in [9.17, 15) is 13.6 Å². The number of rotatable bonds is 6. The molecule has 0 bridgehead atoms. The van der Waals surface area contributed by atoms with E-state index in [4.69, 9.17) is 4.42 Å². The molecule has 20 heavy (non-hydrogen) atoms. The van der Waals surface area contributed by atoms with Gasteiger partial charge in [0.2, 0.25) is 12.3 Å². The van der Waals surface area contributed by atoms with E-state index in [0.29, 0.717) is 34.9 Å². The number of aliphatic imine (C=N–C) groups is 1. The van der Waals surface area contributed by atoms with Crippen LogP contribution >= 0.6 is 11.8 Å². The van der Waals surface area contributed by atoms with Crippen LogP contribution in [0.25, 0.3) is 0 Å². The summed E-state index contributed by atoms with van der Waals surface area (Å²) in [6.45, 7) is 0. The van der Waals surface area contributed by atoms with Gasteiger partial charge in [0.05, 0.1) is 5.56 Å². The minimum absolute atomic E-state index is 0.188. The minimum Gasteiger partial charge on any atom is -0.406 e. The topological polar surface area (TPSA) is 54.6 Å².